The molecule has 1 aromatic heterocycles. The molecule has 2 aromatic rings. The second kappa shape index (κ2) is 9.39. The summed E-state index contributed by atoms with van der Waals surface area (Å²) in [5.41, 5.74) is 6.38. The first-order valence-electron chi connectivity index (χ1n) is 6.38. The van der Waals surface area contributed by atoms with Crippen molar-refractivity contribution in [3.8, 4) is 11.8 Å². The van der Waals surface area contributed by atoms with E-state index < -0.39 is 5.91 Å². The van der Waals surface area contributed by atoms with Gasteiger partial charge in [0.15, 0.2) is 0 Å². The second-order valence-electron chi connectivity index (χ2n) is 4.10. The maximum Gasteiger partial charge on any atom is 0.277 e. The third kappa shape index (κ3) is 5.44. The Hall–Kier alpha value is -2.56. The van der Waals surface area contributed by atoms with E-state index in [1.807, 2.05) is 30.3 Å². The molecule has 22 heavy (non-hydrogen) atoms. The standard InChI is InChI=1S/C14H15N5O2.ClH/c15-13-12(18-21-19-13)14(20)17-10-9-16-8-4-7-11-5-2-1-3-6-11;/h1-3,5-6,16H,8-10H2,(H2,15,19)(H,17,20);1H. The van der Waals surface area contributed by atoms with Gasteiger partial charge in [-0.05, 0) is 22.4 Å². The molecule has 2 rings (SSSR count). The second-order valence-corrected chi connectivity index (χ2v) is 4.10. The lowest BCUT2D eigenvalue weighted by Gasteiger charge is -2.02. The molecule has 0 fully saturated rings. The number of rotatable bonds is 5. The summed E-state index contributed by atoms with van der Waals surface area (Å²) in [7, 11) is 0. The van der Waals surface area contributed by atoms with Gasteiger partial charge in [0.2, 0.25) is 11.5 Å². The molecule has 0 aliphatic heterocycles. The van der Waals surface area contributed by atoms with E-state index >= 15 is 0 Å². The fourth-order valence-electron chi connectivity index (χ4n) is 1.52. The summed E-state index contributed by atoms with van der Waals surface area (Å²) >= 11 is 0. The SMILES string of the molecule is Cl.Nc1nonc1C(=O)NCCNCC#Cc1ccccc1. The molecule has 1 heterocycles. The molecule has 1 amide bonds. The molecule has 0 saturated heterocycles. The van der Waals surface area contributed by atoms with Gasteiger partial charge in [0.25, 0.3) is 5.91 Å². The molecule has 8 heteroatoms. The van der Waals surface area contributed by atoms with Crippen molar-refractivity contribution in [3.63, 3.8) is 0 Å². The van der Waals surface area contributed by atoms with Crippen LogP contribution in [-0.4, -0.2) is 35.9 Å². The van der Waals surface area contributed by atoms with Gasteiger partial charge in [0.05, 0.1) is 6.54 Å². The van der Waals surface area contributed by atoms with Gasteiger partial charge < -0.3 is 16.4 Å². The lowest BCUT2D eigenvalue weighted by molar-refractivity contribution is 0.0945. The molecule has 1 aromatic carbocycles. The topological polar surface area (TPSA) is 106 Å². The highest BCUT2D eigenvalue weighted by atomic mass is 35.5. The predicted octanol–water partition coefficient (Wildman–Crippen LogP) is 0.445. The van der Waals surface area contributed by atoms with Gasteiger partial charge in [-0.3, -0.25) is 4.79 Å². The molecule has 116 valence electrons. The number of carbonyl (C=O) groups excluding carboxylic acids is 1. The van der Waals surface area contributed by atoms with Crippen LogP contribution < -0.4 is 16.4 Å². The highest BCUT2D eigenvalue weighted by Gasteiger charge is 2.14. The van der Waals surface area contributed by atoms with Crippen LogP contribution in [0.1, 0.15) is 16.1 Å². The molecular weight excluding hydrogens is 306 g/mol. The Balaban J connectivity index is 0.00000242. The minimum Gasteiger partial charge on any atom is -0.379 e. The molecular formula is C14H16ClN5O2. The fourth-order valence-corrected chi connectivity index (χ4v) is 1.52. The first-order valence-corrected chi connectivity index (χ1v) is 6.38. The van der Waals surface area contributed by atoms with Crippen molar-refractivity contribution in [2.75, 3.05) is 25.4 Å². The summed E-state index contributed by atoms with van der Waals surface area (Å²) in [6.07, 6.45) is 0. The van der Waals surface area contributed by atoms with Crippen molar-refractivity contribution in [2.45, 2.75) is 0 Å². The minimum atomic E-state index is -0.411. The predicted molar refractivity (Wildman–Crippen MR) is 84.5 cm³/mol. The lowest BCUT2D eigenvalue weighted by atomic mass is 10.2. The Bertz CT molecular complexity index is 648. The zero-order chi connectivity index (χ0) is 14.9. The first kappa shape index (κ1) is 17.5. The van der Waals surface area contributed by atoms with Crippen LogP contribution in [0.2, 0.25) is 0 Å². The molecule has 0 spiro atoms. The number of hydrogen-bond acceptors (Lipinski definition) is 6. The quantitative estimate of drug-likeness (QED) is 0.545. The number of nitrogen functional groups attached to an aromatic ring is 1. The number of nitrogens with one attached hydrogen (secondary N) is 2. The summed E-state index contributed by atoms with van der Waals surface area (Å²) in [5, 5.41) is 12.5. The maximum absolute atomic E-state index is 11.6. The first-order chi connectivity index (χ1) is 10.3. The average Bonchev–Trinajstić information content (AvgIpc) is 2.93. The number of carbonyl (C=O) groups is 1. The molecule has 0 atom stereocenters. The Morgan fingerprint density at radius 2 is 2.00 bits per heavy atom. The van der Waals surface area contributed by atoms with Crippen LogP contribution in [0, 0.1) is 11.8 Å². The number of halogens is 1. The fraction of sp³-hybridized carbons (Fsp3) is 0.214. The van der Waals surface area contributed by atoms with Crippen LogP contribution in [0.25, 0.3) is 0 Å². The molecule has 0 saturated carbocycles. The zero-order valence-electron chi connectivity index (χ0n) is 11.7. The van der Waals surface area contributed by atoms with E-state index in [1.165, 1.54) is 0 Å². The molecule has 0 bridgehead atoms. The normalized spacial score (nSPS) is 9.27. The van der Waals surface area contributed by atoms with E-state index in [2.05, 4.69) is 37.4 Å². The molecule has 0 unspecified atom stereocenters. The summed E-state index contributed by atoms with van der Waals surface area (Å²) in [6.45, 7) is 1.55. The van der Waals surface area contributed by atoms with Crippen molar-refractivity contribution < 1.29 is 9.42 Å². The monoisotopic (exact) mass is 321 g/mol. The van der Waals surface area contributed by atoms with E-state index in [-0.39, 0.29) is 23.9 Å². The van der Waals surface area contributed by atoms with Gasteiger partial charge in [0.1, 0.15) is 0 Å². The molecule has 4 N–H and O–H groups in total. The number of anilines is 1. The van der Waals surface area contributed by atoms with Crippen molar-refractivity contribution in [1.29, 1.82) is 0 Å². The van der Waals surface area contributed by atoms with Gasteiger partial charge >= 0.3 is 0 Å². The van der Waals surface area contributed by atoms with Crippen LogP contribution in [0.3, 0.4) is 0 Å². The van der Waals surface area contributed by atoms with Crippen LogP contribution in [0.5, 0.6) is 0 Å². The average molecular weight is 322 g/mol. The van der Waals surface area contributed by atoms with Gasteiger partial charge in [-0.15, -0.1) is 12.4 Å². The lowest BCUT2D eigenvalue weighted by Crippen LogP contribution is -2.32. The maximum atomic E-state index is 11.6. The van der Waals surface area contributed by atoms with E-state index in [0.29, 0.717) is 19.6 Å². The van der Waals surface area contributed by atoms with Gasteiger partial charge in [-0.25, -0.2) is 4.63 Å². The largest absolute Gasteiger partial charge is 0.379 e. The van der Waals surface area contributed by atoms with E-state index in [4.69, 9.17) is 5.73 Å². The number of nitrogens with two attached hydrogens (primary N) is 1. The molecule has 0 aliphatic carbocycles. The summed E-state index contributed by atoms with van der Waals surface area (Å²) < 4.78 is 4.35. The smallest absolute Gasteiger partial charge is 0.277 e. The number of amides is 1. The van der Waals surface area contributed by atoms with Gasteiger partial charge in [-0.2, -0.15) is 0 Å². The highest BCUT2D eigenvalue weighted by Crippen LogP contribution is 2.02. The Kier molecular flexibility index (Phi) is 7.47. The summed E-state index contributed by atoms with van der Waals surface area (Å²) in [5.74, 6) is 5.59. The molecule has 0 aliphatic rings. The van der Waals surface area contributed by atoms with E-state index in [0.717, 1.165) is 5.56 Å². The van der Waals surface area contributed by atoms with Crippen LogP contribution in [0.15, 0.2) is 35.0 Å². The van der Waals surface area contributed by atoms with Gasteiger partial charge in [0, 0.05) is 18.7 Å². The molecule has 7 nitrogen and oxygen atoms in total. The van der Waals surface area contributed by atoms with Crippen LogP contribution >= 0.6 is 12.4 Å². The van der Waals surface area contributed by atoms with Crippen LogP contribution in [0.4, 0.5) is 5.82 Å². The Labute approximate surface area is 134 Å². The Morgan fingerprint density at radius 1 is 1.23 bits per heavy atom. The zero-order valence-corrected chi connectivity index (χ0v) is 12.5. The number of benzene rings is 1. The summed E-state index contributed by atoms with van der Waals surface area (Å²) in [6, 6.07) is 9.73. The number of aromatic nitrogens is 2. The van der Waals surface area contributed by atoms with Crippen molar-refractivity contribution in [2.24, 2.45) is 0 Å². The molecule has 0 radical (unpaired) electrons. The third-order valence-corrected chi connectivity index (χ3v) is 2.54. The van der Waals surface area contributed by atoms with Gasteiger partial charge in [-0.1, -0.05) is 30.0 Å². The number of nitrogens with zero attached hydrogens (tertiary/aromatic N) is 2. The van der Waals surface area contributed by atoms with Crippen LogP contribution in [-0.2, 0) is 0 Å². The van der Waals surface area contributed by atoms with E-state index in [9.17, 15) is 4.79 Å². The van der Waals surface area contributed by atoms with E-state index in [1.54, 1.807) is 0 Å². The van der Waals surface area contributed by atoms with Crippen molar-refractivity contribution in [1.82, 2.24) is 20.9 Å². The van der Waals surface area contributed by atoms with Crippen molar-refractivity contribution >= 4 is 24.1 Å². The van der Waals surface area contributed by atoms with Crippen molar-refractivity contribution in [3.05, 3.63) is 41.6 Å². The highest BCUT2D eigenvalue weighted by molar-refractivity contribution is 5.95. The summed E-state index contributed by atoms with van der Waals surface area (Å²) in [4.78, 5) is 11.6. The number of hydrogen-bond donors (Lipinski definition) is 3. The minimum absolute atomic E-state index is 0. The third-order valence-electron chi connectivity index (χ3n) is 2.54. The Morgan fingerprint density at radius 3 is 2.68 bits per heavy atom.